The van der Waals surface area contributed by atoms with Crippen LogP contribution < -0.4 is 4.74 Å². The number of hydrogen-bond acceptors (Lipinski definition) is 4. The van der Waals surface area contributed by atoms with Crippen LogP contribution in [0.15, 0.2) is 66.9 Å². The molecule has 0 spiro atoms. The number of amides is 1. The summed E-state index contributed by atoms with van der Waals surface area (Å²) in [6.07, 6.45) is 2.73. The molecule has 0 radical (unpaired) electrons. The molecule has 1 saturated heterocycles. The zero-order valence-electron chi connectivity index (χ0n) is 19.6. The van der Waals surface area contributed by atoms with Crippen molar-refractivity contribution in [2.45, 2.75) is 38.0 Å². The summed E-state index contributed by atoms with van der Waals surface area (Å²) in [6, 6.07) is 20.2. The molecule has 6 nitrogen and oxygen atoms in total. The van der Waals surface area contributed by atoms with Crippen molar-refractivity contribution in [2.24, 2.45) is 0 Å². The van der Waals surface area contributed by atoms with Crippen LogP contribution in [-0.2, 0) is 0 Å². The van der Waals surface area contributed by atoms with E-state index in [0.29, 0.717) is 36.9 Å². The minimum Gasteiger partial charge on any atom is -0.481 e. The number of Topliss-reactive ketones (excluding diaryl/α,β-unsaturated/α-hetero) is 1. The molecule has 1 fully saturated rings. The molecule has 3 aromatic rings. The summed E-state index contributed by atoms with van der Waals surface area (Å²) >= 11 is 0. The molecule has 0 saturated carbocycles. The van der Waals surface area contributed by atoms with Gasteiger partial charge in [0.1, 0.15) is 0 Å². The average Bonchev–Trinajstić information content (AvgIpc) is 2.88. The number of benzene rings is 2. The van der Waals surface area contributed by atoms with Gasteiger partial charge in [0.2, 0.25) is 5.88 Å². The number of piperidine rings is 1. The molecule has 176 valence electrons. The van der Waals surface area contributed by atoms with E-state index in [1.807, 2.05) is 12.1 Å². The Morgan fingerprint density at radius 1 is 1.06 bits per heavy atom. The molecule has 4 rings (SSSR count). The van der Waals surface area contributed by atoms with Crippen LogP contribution in [0.25, 0.3) is 0 Å². The molecule has 2 aromatic carbocycles. The van der Waals surface area contributed by atoms with Crippen molar-refractivity contribution in [1.29, 1.82) is 0 Å². The van der Waals surface area contributed by atoms with E-state index in [2.05, 4.69) is 48.3 Å². The number of rotatable bonds is 7. The lowest BCUT2D eigenvalue weighted by Crippen LogP contribution is -2.36. The van der Waals surface area contributed by atoms with Gasteiger partial charge in [-0.25, -0.2) is 9.78 Å². The van der Waals surface area contributed by atoms with Crippen molar-refractivity contribution in [3.63, 3.8) is 0 Å². The number of carbonyl (C=O) groups is 2. The molecule has 1 aliphatic rings. The molecule has 6 heteroatoms. The lowest BCUT2D eigenvalue weighted by atomic mass is 9.82. The summed E-state index contributed by atoms with van der Waals surface area (Å²) in [5, 5.41) is 9.19. The number of ether oxygens (including phenoxy) is 1. The smallest absolute Gasteiger partial charge is 0.407 e. The first-order valence-corrected chi connectivity index (χ1v) is 11.6. The Kier molecular flexibility index (Phi) is 7.26. The van der Waals surface area contributed by atoms with Crippen LogP contribution in [-0.4, -0.2) is 47.1 Å². The van der Waals surface area contributed by atoms with Gasteiger partial charge in [-0.05, 0) is 54.0 Å². The van der Waals surface area contributed by atoms with Crippen molar-refractivity contribution in [1.82, 2.24) is 9.88 Å². The van der Waals surface area contributed by atoms with Gasteiger partial charge in [0.25, 0.3) is 0 Å². The largest absolute Gasteiger partial charge is 0.481 e. The van der Waals surface area contributed by atoms with Gasteiger partial charge in [-0.3, -0.25) is 4.79 Å². The normalized spacial score (nSPS) is 15.1. The number of methoxy groups -OCH3 is 1. The molecule has 2 heterocycles. The zero-order valence-corrected chi connectivity index (χ0v) is 19.6. The molecule has 1 aromatic heterocycles. The van der Waals surface area contributed by atoms with Crippen LogP contribution in [0.5, 0.6) is 5.88 Å². The van der Waals surface area contributed by atoms with Gasteiger partial charge < -0.3 is 14.7 Å². The highest BCUT2D eigenvalue weighted by Crippen LogP contribution is 2.34. The van der Waals surface area contributed by atoms with E-state index >= 15 is 0 Å². The summed E-state index contributed by atoms with van der Waals surface area (Å²) in [6.45, 7) is 3.21. The first-order chi connectivity index (χ1) is 16.5. The Morgan fingerprint density at radius 2 is 1.76 bits per heavy atom. The Morgan fingerprint density at radius 3 is 2.35 bits per heavy atom. The van der Waals surface area contributed by atoms with Gasteiger partial charge in [-0.2, -0.15) is 0 Å². The van der Waals surface area contributed by atoms with E-state index in [-0.39, 0.29) is 11.7 Å². The van der Waals surface area contributed by atoms with E-state index < -0.39 is 6.09 Å². The molecule has 34 heavy (non-hydrogen) atoms. The number of carbonyl (C=O) groups excluding carboxylic acids is 1. The minimum atomic E-state index is -0.841. The van der Waals surface area contributed by atoms with Crippen LogP contribution in [0.4, 0.5) is 4.79 Å². The van der Waals surface area contributed by atoms with E-state index in [1.54, 1.807) is 25.4 Å². The molecular weight excluding hydrogens is 428 g/mol. The molecule has 1 N–H and O–H groups in total. The Labute approximate surface area is 200 Å². The van der Waals surface area contributed by atoms with Crippen LogP contribution in [0, 0.1) is 6.92 Å². The fraction of sp³-hybridized carbons (Fsp3) is 0.321. The lowest BCUT2D eigenvalue weighted by molar-refractivity contribution is 0.0977. The Hall–Kier alpha value is -3.67. The van der Waals surface area contributed by atoms with Crippen molar-refractivity contribution in [3.05, 3.63) is 94.7 Å². The summed E-state index contributed by atoms with van der Waals surface area (Å²) in [5.74, 6) is 0.803. The second kappa shape index (κ2) is 10.5. The predicted molar refractivity (Wildman–Crippen MR) is 131 cm³/mol. The highest BCUT2D eigenvalue weighted by Gasteiger charge is 2.25. The Balaban J connectivity index is 1.56. The molecule has 1 aliphatic heterocycles. The lowest BCUT2D eigenvalue weighted by Gasteiger charge is -2.30. The molecule has 1 atom stereocenters. The number of ketones is 1. The van der Waals surface area contributed by atoms with Gasteiger partial charge in [-0.15, -0.1) is 0 Å². The number of nitrogens with zero attached hydrogens (tertiary/aromatic N) is 2. The molecular formula is C28H30N2O4. The maximum absolute atomic E-state index is 13.2. The topological polar surface area (TPSA) is 79.7 Å². The van der Waals surface area contributed by atoms with Crippen LogP contribution in [0.1, 0.15) is 63.7 Å². The van der Waals surface area contributed by atoms with Crippen molar-refractivity contribution >= 4 is 11.9 Å². The number of hydrogen-bond donors (Lipinski definition) is 1. The first-order valence-electron chi connectivity index (χ1n) is 11.6. The fourth-order valence-corrected chi connectivity index (χ4v) is 4.76. The van der Waals surface area contributed by atoms with E-state index in [1.165, 1.54) is 10.5 Å². The third-order valence-electron chi connectivity index (χ3n) is 6.80. The molecule has 1 unspecified atom stereocenters. The highest BCUT2D eigenvalue weighted by atomic mass is 16.5. The summed E-state index contributed by atoms with van der Waals surface area (Å²) in [7, 11) is 1.55. The van der Waals surface area contributed by atoms with Gasteiger partial charge in [0.15, 0.2) is 5.78 Å². The van der Waals surface area contributed by atoms with Gasteiger partial charge in [0, 0.05) is 43.3 Å². The summed E-state index contributed by atoms with van der Waals surface area (Å²) in [5.41, 5.74) is 5.18. The van der Waals surface area contributed by atoms with Crippen LogP contribution in [0.2, 0.25) is 0 Å². The molecule has 1 amide bonds. The standard InChI is InChI=1S/C28H30N2O4/c1-19-5-3-4-6-24(19)25(17-26(31)23-11-12-27(34-2)29-18-23)22-9-7-20(8-10-22)21-13-15-30(16-14-21)28(32)33/h3-12,18,21,25H,13-17H2,1-2H3,(H,32,33). The maximum Gasteiger partial charge on any atom is 0.407 e. The fourth-order valence-electron chi connectivity index (χ4n) is 4.76. The average molecular weight is 459 g/mol. The van der Waals surface area contributed by atoms with Gasteiger partial charge in [-0.1, -0.05) is 48.5 Å². The number of carboxylic acid groups (broad SMARTS) is 1. The predicted octanol–water partition coefficient (Wildman–Crippen LogP) is 5.66. The van der Waals surface area contributed by atoms with E-state index in [0.717, 1.165) is 29.5 Å². The number of pyridine rings is 1. The Bertz CT molecular complexity index is 1130. The van der Waals surface area contributed by atoms with Crippen molar-refractivity contribution < 1.29 is 19.4 Å². The highest BCUT2D eigenvalue weighted by molar-refractivity contribution is 5.96. The first kappa shape index (κ1) is 23.5. The summed E-state index contributed by atoms with van der Waals surface area (Å²) in [4.78, 5) is 30.0. The minimum absolute atomic E-state index is 0.0357. The molecule has 0 aliphatic carbocycles. The van der Waals surface area contributed by atoms with Gasteiger partial charge >= 0.3 is 6.09 Å². The number of aromatic nitrogens is 1. The third-order valence-corrected chi connectivity index (χ3v) is 6.80. The second-order valence-corrected chi connectivity index (χ2v) is 8.84. The second-order valence-electron chi connectivity index (χ2n) is 8.84. The maximum atomic E-state index is 13.2. The van der Waals surface area contributed by atoms with Gasteiger partial charge in [0.05, 0.1) is 7.11 Å². The third kappa shape index (κ3) is 5.28. The molecule has 0 bridgehead atoms. The quantitative estimate of drug-likeness (QED) is 0.462. The van der Waals surface area contributed by atoms with E-state index in [9.17, 15) is 14.7 Å². The van der Waals surface area contributed by atoms with Crippen LogP contribution >= 0.6 is 0 Å². The number of aryl methyl sites for hydroxylation is 1. The SMILES string of the molecule is COc1ccc(C(=O)CC(c2ccc(C3CCN(C(=O)O)CC3)cc2)c2ccccc2C)cn1. The van der Waals surface area contributed by atoms with Crippen molar-refractivity contribution in [2.75, 3.05) is 20.2 Å². The summed E-state index contributed by atoms with van der Waals surface area (Å²) < 4.78 is 5.11. The zero-order chi connectivity index (χ0) is 24.1. The van der Waals surface area contributed by atoms with Crippen LogP contribution in [0.3, 0.4) is 0 Å². The van der Waals surface area contributed by atoms with Crippen molar-refractivity contribution in [3.8, 4) is 5.88 Å². The van der Waals surface area contributed by atoms with E-state index in [4.69, 9.17) is 4.74 Å². The monoisotopic (exact) mass is 458 g/mol. The number of likely N-dealkylation sites (tertiary alicyclic amines) is 1.